The summed E-state index contributed by atoms with van der Waals surface area (Å²) < 4.78 is 28.5. The van der Waals surface area contributed by atoms with Crippen LogP contribution in [0.25, 0.3) is 43.9 Å². The Hall–Kier alpha value is -4.47. The maximum Gasteiger partial charge on any atom is 0.130 e. The van der Waals surface area contributed by atoms with E-state index in [1.807, 2.05) is 27.1 Å². The summed E-state index contributed by atoms with van der Waals surface area (Å²) >= 11 is 1.53. The fraction of sp³-hybridized carbons (Fsp3) is 0.226. The van der Waals surface area contributed by atoms with Crippen molar-refractivity contribution in [2.45, 2.75) is 19.3 Å². The maximum atomic E-state index is 14.5. The van der Waals surface area contributed by atoms with Crippen LogP contribution < -0.4 is 4.74 Å². The van der Waals surface area contributed by atoms with E-state index >= 15 is 0 Å². The Morgan fingerprint density at radius 2 is 2.07 bits per heavy atom. The number of benzene rings is 1. The van der Waals surface area contributed by atoms with Gasteiger partial charge in [0.25, 0.3) is 0 Å². The largest absolute Gasteiger partial charge is 0.490 e. The first kappa shape index (κ1) is 27.7. The number of ether oxygens (including phenoxy) is 2. The Labute approximate surface area is 245 Å². The van der Waals surface area contributed by atoms with E-state index in [0.29, 0.717) is 65.8 Å². The van der Waals surface area contributed by atoms with Gasteiger partial charge in [-0.2, -0.15) is 10.4 Å². The molecule has 5 heterocycles. The molecule has 42 heavy (non-hydrogen) atoms. The summed E-state index contributed by atoms with van der Waals surface area (Å²) in [5.74, 6) is -0.0487. The molecule has 1 aliphatic rings. The first-order valence-corrected chi connectivity index (χ1v) is 14.2. The van der Waals surface area contributed by atoms with Crippen LogP contribution in [0.1, 0.15) is 11.3 Å². The van der Waals surface area contributed by atoms with Crippen LogP contribution >= 0.6 is 11.3 Å². The molecular weight excluding hydrogens is 555 g/mol. The highest BCUT2D eigenvalue weighted by atomic mass is 32.1. The van der Waals surface area contributed by atoms with E-state index in [9.17, 15) is 14.8 Å². The Morgan fingerprint density at radius 3 is 2.88 bits per heavy atom. The smallest absolute Gasteiger partial charge is 0.130 e. The van der Waals surface area contributed by atoms with Gasteiger partial charge >= 0.3 is 0 Å². The highest BCUT2D eigenvalue weighted by Crippen LogP contribution is 2.46. The molecule has 6 rings (SSSR count). The van der Waals surface area contributed by atoms with Gasteiger partial charge in [0, 0.05) is 65.4 Å². The van der Waals surface area contributed by atoms with Gasteiger partial charge in [0.05, 0.1) is 30.1 Å². The summed E-state index contributed by atoms with van der Waals surface area (Å²) in [5, 5.41) is 27.6. The van der Waals surface area contributed by atoms with Gasteiger partial charge in [-0.15, -0.1) is 11.3 Å². The van der Waals surface area contributed by atoms with Crippen LogP contribution in [0.3, 0.4) is 0 Å². The van der Waals surface area contributed by atoms with Crippen LogP contribution in [-0.2, 0) is 17.8 Å². The zero-order valence-electron chi connectivity index (χ0n) is 22.8. The summed E-state index contributed by atoms with van der Waals surface area (Å²) in [4.78, 5) is 11.3. The van der Waals surface area contributed by atoms with E-state index in [1.54, 1.807) is 25.4 Å². The number of halogens is 1. The van der Waals surface area contributed by atoms with Crippen molar-refractivity contribution in [2.75, 3.05) is 26.9 Å². The average Bonchev–Trinajstić information content (AvgIpc) is 3.68. The molecule has 11 heteroatoms. The van der Waals surface area contributed by atoms with Gasteiger partial charge in [0.1, 0.15) is 41.9 Å². The molecule has 4 aromatic heterocycles. The summed E-state index contributed by atoms with van der Waals surface area (Å²) in [6.07, 6.45) is 3.95. The fourth-order valence-electron chi connectivity index (χ4n) is 5.14. The molecule has 1 aliphatic heterocycles. The number of nitriles is 1. The molecule has 0 aliphatic carbocycles. The average molecular weight is 583 g/mol. The van der Waals surface area contributed by atoms with Crippen molar-refractivity contribution in [1.29, 1.82) is 5.26 Å². The summed E-state index contributed by atoms with van der Waals surface area (Å²) in [7, 11) is 1.58. The van der Waals surface area contributed by atoms with Crippen LogP contribution in [0, 0.1) is 17.1 Å². The van der Waals surface area contributed by atoms with Gasteiger partial charge in [0.2, 0.25) is 0 Å². The zero-order chi connectivity index (χ0) is 29.2. The lowest BCUT2D eigenvalue weighted by molar-refractivity contribution is 0.0209. The fourth-order valence-corrected chi connectivity index (χ4v) is 6.10. The Morgan fingerprint density at radius 1 is 1.19 bits per heavy atom. The van der Waals surface area contributed by atoms with Crippen molar-refractivity contribution in [3.8, 4) is 45.6 Å². The van der Waals surface area contributed by atoms with Crippen molar-refractivity contribution >= 4 is 21.4 Å². The molecule has 0 spiro atoms. The SMILES string of the molecule is C=CC(O)N1CCn2nc(-c3nc(-c4cncc(C#N)c4)c4ccsc4c3-c3ccc(F)cc3OCCOC)cc2C1. The molecule has 0 radical (unpaired) electrons. The van der Waals surface area contributed by atoms with E-state index in [-0.39, 0.29) is 6.61 Å². The second kappa shape index (κ2) is 11.8. The third-order valence-electron chi connectivity index (χ3n) is 7.16. The number of pyridine rings is 2. The summed E-state index contributed by atoms with van der Waals surface area (Å²) in [6, 6.07) is 12.3. The molecule has 0 bridgehead atoms. The quantitative estimate of drug-likeness (QED) is 0.186. The van der Waals surface area contributed by atoms with E-state index in [1.165, 1.54) is 35.7 Å². The summed E-state index contributed by atoms with van der Waals surface area (Å²) in [6.45, 7) is 5.98. The molecule has 0 saturated carbocycles. The zero-order valence-corrected chi connectivity index (χ0v) is 23.6. The number of hydrogen-bond acceptors (Lipinski definition) is 9. The van der Waals surface area contributed by atoms with Crippen molar-refractivity contribution in [3.63, 3.8) is 0 Å². The van der Waals surface area contributed by atoms with Crippen molar-refractivity contribution in [2.24, 2.45) is 0 Å². The number of fused-ring (bicyclic) bond motifs is 2. The van der Waals surface area contributed by atoms with Gasteiger partial charge in [-0.3, -0.25) is 14.6 Å². The lowest BCUT2D eigenvalue weighted by Gasteiger charge is -2.29. The molecule has 0 amide bonds. The number of nitrogens with zero attached hydrogens (tertiary/aromatic N) is 6. The molecule has 0 fully saturated rings. The Balaban J connectivity index is 1.59. The monoisotopic (exact) mass is 582 g/mol. The second-order valence-electron chi connectivity index (χ2n) is 9.77. The normalized spacial score (nSPS) is 14.0. The molecule has 1 aromatic carbocycles. The lowest BCUT2D eigenvalue weighted by Crippen LogP contribution is -2.40. The van der Waals surface area contributed by atoms with Gasteiger partial charge < -0.3 is 14.6 Å². The van der Waals surface area contributed by atoms with Gasteiger partial charge in [-0.25, -0.2) is 9.37 Å². The van der Waals surface area contributed by atoms with Crippen molar-refractivity contribution in [1.82, 2.24) is 24.6 Å². The predicted octanol–water partition coefficient (Wildman–Crippen LogP) is 5.24. The van der Waals surface area contributed by atoms with E-state index < -0.39 is 12.0 Å². The Bertz CT molecular complexity index is 1830. The highest BCUT2D eigenvalue weighted by molar-refractivity contribution is 7.18. The molecule has 212 valence electrons. The number of aromatic nitrogens is 4. The number of aliphatic hydroxyl groups is 1. The number of methoxy groups -OCH3 is 1. The van der Waals surface area contributed by atoms with Gasteiger partial charge in [-0.05, 0) is 41.8 Å². The maximum absolute atomic E-state index is 14.5. The standard InChI is InChI=1S/C31H27FN6O3S/c1-3-27(39)37-7-8-38-22(18-37)14-25(36-38)30-28(23-5-4-21(32)13-26(23)41-10-9-40-2)31-24(6-11-42-31)29(35-30)20-12-19(15-33)16-34-17-20/h3-6,11-14,16-17,27,39H,1,7-10,18H2,2H3. The van der Waals surface area contributed by atoms with E-state index in [0.717, 1.165) is 21.3 Å². The second-order valence-corrected chi connectivity index (χ2v) is 10.7. The Kier molecular flexibility index (Phi) is 7.78. The van der Waals surface area contributed by atoms with Crippen LogP contribution in [0.2, 0.25) is 0 Å². The minimum atomic E-state index is -0.759. The number of rotatable bonds is 9. The predicted molar refractivity (Wildman–Crippen MR) is 158 cm³/mol. The molecule has 1 atom stereocenters. The first-order chi connectivity index (χ1) is 20.5. The topological polar surface area (TPSA) is 109 Å². The molecule has 1 N–H and O–H groups in total. The van der Waals surface area contributed by atoms with Crippen LogP contribution in [0.15, 0.2) is 66.8 Å². The van der Waals surface area contributed by atoms with E-state index in [2.05, 4.69) is 17.6 Å². The molecule has 5 aromatic rings. The molecule has 9 nitrogen and oxygen atoms in total. The minimum absolute atomic E-state index is 0.244. The minimum Gasteiger partial charge on any atom is -0.490 e. The van der Waals surface area contributed by atoms with Gasteiger partial charge in [-0.1, -0.05) is 6.58 Å². The molecule has 1 unspecified atom stereocenters. The number of aliphatic hydroxyl groups excluding tert-OH is 1. The number of thiophene rings is 1. The highest BCUT2D eigenvalue weighted by Gasteiger charge is 2.27. The van der Waals surface area contributed by atoms with Crippen LogP contribution in [-0.4, -0.2) is 62.9 Å². The first-order valence-electron chi connectivity index (χ1n) is 13.3. The van der Waals surface area contributed by atoms with Crippen LogP contribution in [0.4, 0.5) is 4.39 Å². The lowest BCUT2D eigenvalue weighted by atomic mass is 9.97. The third-order valence-corrected chi connectivity index (χ3v) is 8.09. The van der Waals surface area contributed by atoms with Crippen molar-refractivity contribution < 1.29 is 19.0 Å². The van der Waals surface area contributed by atoms with E-state index in [4.69, 9.17) is 19.6 Å². The molecule has 0 saturated heterocycles. The number of hydrogen-bond donors (Lipinski definition) is 1. The van der Waals surface area contributed by atoms with Crippen molar-refractivity contribution in [3.05, 3.63) is 83.9 Å². The summed E-state index contributed by atoms with van der Waals surface area (Å²) in [5.41, 5.74) is 5.35. The molecular formula is C31H27FN6O3S. The third kappa shape index (κ3) is 5.17. The van der Waals surface area contributed by atoms with Crippen LogP contribution in [0.5, 0.6) is 5.75 Å². The van der Waals surface area contributed by atoms with Gasteiger partial charge in [0.15, 0.2) is 0 Å².